The van der Waals surface area contributed by atoms with Gasteiger partial charge in [-0.15, -0.1) is 0 Å². The van der Waals surface area contributed by atoms with E-state index in [2.05, 4.69) is 10.6 Å². The third-order valence-corrected chi connectivity index (χ3v) is 5.16. The molecule has 1 heterocycles. The molecule has 0 aromatic heterocycles. The van der Waals surface area contributed by atoms with Gasteiger partial charge in [-0.05, 0) is 58.0 Å². The molecule has 0 bridgehead atoms. The van der Waals surface area contributed by atoms with Crippen molar-refractivity contribution >= 4 is 23.7 Å². The zero-order valence-corrected chi connectivity index (χ0v) is 17.5. The van der Waals surface area contributed by atoms with E-state index in [1.165, 1.54) is 4.90 Å². The Kier molecular flexibility index (Phi) is 11.9. The lowest BCUT2D eigenvalue weighted by molar-refractivity contribution is -0.144. The minimum absolute atomic E-state index is 0.258. The maximum Gasteiger partial charge on any atom is 0.326 e. The van der Waals surface area contributed by atoms with E-state index in [1.54, 1.807) is 0 Å². The molecule has 11 heteroatoms. The van der Waals surface area contributed by atoms with Crippen molar-refractivity contribution < 1.29 is 24.3 Å². The standard InChI is InChI=1S/C19H36N6O5/c20-9-3-1-6-13(22)17(27)23-12-16(26)25-11-5-8-15(25)18(28)24-14(19(29)30)7-2-4-10-21/h13-15H,1-12,20-22H2,(H,23,27)(H,24,28)(H,29,30). The van der Waals surface area contributed by atoms with E-state index in [1.807, 2.05) is 0 Å². The smallest absolute Gasteiger partial charge is 0.326 e. The molecule has 9 N–H and O–H groups in total. The first-order valence-electron chi connectivity index (χ1n) is 10.6. The summed E-state index contributed by atoms with van der Waals surface area (Å²) in [6.45, 7) is 1.10. The molecule has 1 aliphatic heterocycles. The summed E-state index contributed by atoms with van der Waals surface area (Å²) in [5.74, 6) is -2.44. The van der Waals surface area contributed by atoms with E-state index < -0.39 is 41.8 Å². The number of carboxylic acid groups (broad SMARTS) is 1. The van der Waals surface area contributed by atoms with Crippen LogP contribution < -0.4 is 27.8 Å². The highest BCUT2D eigenvalue weighted by Gasteiger charge is 2.35. The fourth-order valence-electron chi connectivity index (χ4n) is 3.39. The maximum atomic E-state index is 12.6. The molecule has 11 nitrogen and oxygen atoms in total. The first-order valence-corrected chi connectivity index (χ1v) is 10.6. The Morgan fingerprint density at radius 3 is 2.27 bits per heavy atom. The Labute approximate surface area is 177 Å². The molecule has 3 unspecified atom stereocenters. The number of amides is 3. The largest absolute Gasteiger partial charge is 0.480 e. The van der Waals surface area contributed by atoms with Crippen molar-refractivity contribution in [3.63, 3.8) is 0 Å². The topological polar surface area (TPSA) is 194 Å². The normalized spacial score (nSPS) is 18.0. The van der Waals surface area contributed by atoms with Gasteiger partial charge in [-0.1, -0.05) is 6.42 Å². The summed E-state index contributed by atoms with van der Waals surface area (Å²) < 4.78 is 0. The predicted molar refractivity (Wildman–Crippen MR) is 111 cm³/mol. The minimum atomic E-state index is -1.12. The van der Waals surface area contributed by atoms with Crippen molar-refractivity contribution in [2.75, 3.05) is 26.2 Å². The van der Waals surface area contributed by atoms with Gasteiger partial charge in [0, 0.05) is 6.54 Å². The van der Waals surface area contributed by atoms with Crippen LogP contribution in [0.2, 0.25) is 0 Å². The van der Waals surface area contributed by atoms with Gasteiger partial charge >= 0.3 is 5.97 Å². The Morgan fingerprint density at radius 1 is 1.03 bits per heavy atom. The van der Waals surface area contributed by atoms with Gasteiger partial charge in [0.25, 0.3) is 0 Å². The number of nitrogens with one attached hydrogen (secondary N) is 2. The van der Waals surface area contributed by atoms with Gasteiger partial charge in [0.05, 0.1) is 12.6 Å². The molecule has 30 heavy (non-hydrogen) atoms. The molecule has 0 aromatic rings. The zero-order chi connectivity index (χ0) is 22.5. The molecule has 1 fully saturated rings. The van der Waals surface area contributed by atoms with Crippen LogP contribution in [-0.2, 0) is 19.2 Å². The van der Waals surface area contributed by atoms with Crippen LogP contribution in [0.1, 0.15) is 51.4 Å². The summed E-state index contributed by atoms with van der Waals surface area (Å²) in [6.07, 6.45) is 4.57. The van der Waals surface area contributed by atoms with Gasteiger partial charge in [-0.25, -0.2) is 4.79 Å². The van der Waals surface area contributed by atoms with E-state index in [-0.39, 0.29) is 13.0 Å². The minimum Gasteiger partial charge on any atom is -0.480 e. The summed E-state index contributed by atoms with van der Waals surface area (Å²) in [5, 5.41) is 14.4. The SMILES string of the molecule is NCCCCC(N)C(=O)NCC(=O)N1CCCC1C(=O)NC(CCCCN)C(=O)O. The molecule has 1 rings (SSSR count). The van der Waals surface area contributed by atoms with Crippen molar-refractivity contribution in [1.82, 2.24) is 15.5 Å². The van der Waals surface area contributed by atoms with Crippen LogP contribution in [0.3, 0.4) is 0 Å². The number of nitrogens with two attached hydrogens (primary N) is 3. The lowest BCUT2D eigenvalue weighted by atomic mass is 10.1. The Bertz CT molecular complexity index is 588. The molecular formula is C19H36N6O5. The van der Waals surface area contributed by atoms with Gasteiger partial charge in [0.15, 0.2) is 0 Å². The Morgan fingerprint density at radius 2 is 1.67 bits per heavy atom. The van der Waals surface area contributed by atoms with Crippen LogP contribution in [0.4, 0.5) is 0 Å². The second kappa shape index (κ2) is 13.9. The average Bonchev–Trinajstić information content (AvgIpc) is 3.21. The number of rotatable bonds is 14. The highest BCUT2D eigenvalue weighted by molar-refractivity contribution is 5.92. The molecule has 1 saturated heterocycles. The molecular weight excluding hydrogens is 392 g/mol. The fraction of sp³-hybridized carbons (Fsp3) is 0.789. The molecule has 0 aromatic carbocycles. The molecule has 0 saturated carbocycles. The van der Waals surface area contributed by atoms with E-state index in [0.717, 1.165) is 12.8 Å². The van der Waals surface area contributed by atoms with Crippen molar-refractivity contribution in [3.8, 4) is 0 Å². The number of likely N-dealkylation sites (tertiary alicyclic amines) is 1. The summed E-state index contributed by atoms with van der Waals surface area (Å²) in [6, 6.07) is -2.48. The van der Waals surface area contributed by atoms with Crippen LogP contribution in [0.15, 0.2) is 0 Å². The average molecular weight is 429 g/mol. The summed E-state index contributed by atoms with van der Waals surface area (Å²) >= 11 is 0. The number of hydrogen-bond acceptors (Lipinski definition) is 7. The van der Waals surface area contributed by atoms with E-state index >= 15 is 0 Å². The number of nitrogens with zero attached hydrogens (tertiary/aromatic N) is 1. The third-order valence-electron chi connectivity index (χ3n) is 5.16. The van der Waals surface area contributed by atoms with Crippen molar-refractivity contribution in [3.05, 3.63) is 0 Å². The molecule has 0 aliphatic carbocycles. The van der Waals surface area contributed by atoms with Crippen molar-refractivity contribution in [2.45, 2.75) is 69.5 Å². The van der Waals surface area contributed by atoms with Gasteiger partial charge in [-0.3, -0.25) is 14.4 Å². The van der Waals surface area contributed by atoms with Crippen molar-refractivity contribution in [1.29, 1.82) is 0 Å². The Hall–Kier alpha value is -2.24. The highest BCUT2D eigenvalue weighted by atomic mass is 16.4. The predicted octanol–water partition coefficient (Wildman–Crippen LogP) is -1.75. The van der Waals surface area contributed by atoms with E-state index in [0.29, 0.717) is 51.7 Å². The molecule has 0 radical (unpaired) electrons. The Balaban J connectivity index is 2.54. The summed E-state index contributed by atoms with van der Waals surface area (Å²) in [5.41, 5.74) is 16.6. The van der Waals surface area contributed by atoms with Crippen LogP contribution >= 0.6 is 0 Å². The first-order chi connectivity index (χ1) is 14.3. The fourth-order valence-corrected chi connectivity index (χ4v) is 3.39. The van der Waals surface area contributed by atoms with Gasteiger partial charge in [0.2, 0.25) is 17.7 Å². The molecule has 3 atom stereocenters. The number of unbranched alkanes of at least 4 members (excludes halogenated alkanes) is 2. The number of carboxylic acids is 1. The zero-order valence-electron chi connectivity index (χ0n) is 17.5. The first kappa shape index (κ1) is 25.8. The van der Waals surface area contributed by atoms with Crippen LogP contribution in [0.25, 0.3) is 0 Å². The lowest BCUT2D eigenvalue weighted by Crippen LogP contribution is -2.53. The molecule has 1 aliphatic rings. The number of carbonyl (C=O) groups is 4. The van der Waals surface area contributed by atoms with E-state index in [9.17, 15) is 24.3 Å². The molecule has 0 spiro atoms. The maximum absolute atomic E-state index is 12.6. The second-order valence-electron chi connectivity index (χ2n) is 7.54. The number of carbonyl (C=O) groups excluding carboxylic acids is 3. The lowest BCUT2D eigenvalue weighted by Gasteiger charge is -2.26. The van der Waals surface area contributed by atoms with Crippen LogP contribution in [0, 0.1) is 0 Å². The van der Waals surface area contributed by atoms with Crippen LogP contribution in [0.5, 0.6) is 0 Å². The van der Waals surface area contributed by atoms with E-state index in [4.69, 9.17) is 17.2 Å². The monoisotopic (exact) mass is 428 g/mol. The molecule has 172 valence electrons. The van der Waals surface area contributed by atoms with Crippen LogP contribution in [-0.4, -0.2) is 78.0 Å². The molecule has 3 amide bonds. The summed E-state index contributed by atoms with van der Waals surface area (Å²) in [7, 11) is 0. The third kappa shape index (κ3) is 8.64. The van der Waals surface area contributed by atoms with Gasteiger partial charge < -0.3 is 37.8 Å². The highest BCUT2D eigenvalue weighted by Crippen LogP contribution is 2.18. The quantitative estimate of drug-likeness (QED) is 0.175. The number of aliphatic carboxylic acids is 1. The van der Waals surface area contributed by atoms with Gasteiger partial charge in [0.1, 0.15) is 12.1 Å². The second-order valence-corrected chi connectivity index (χ2v) is 7.54. The summed E-state index contributed by atoms with van der Waals surface area (Å²) in [4.78, 5) is 49.9. The number of hydrogen-bond donors (Lipinski definition) is 6. The van der Waals surface area contributed by atoms with Crippen molar-refractivity contribution in [2.24, 2.45) is 17.2 Å². The van der Waals surface area contributed by atoms with Gasteiger partial charge in [-0.2, -0.15) is 0 Å².